The maximum atomic E-state index is 14.5. The molecule has 0 unspecified atom stereocenters. The van der Waals surface area contributed by atoms with Gasteiger partial charge in [-0.2, -0.15) is 4.39 Å². The van der Waals surface area contributed by atoms with Crippen molar-refractivity contribution in [2.75, 3.05) is 6.61 Å². The molecule has 3 aromatic rings. The van der Waals surface area contributed by atoms with Crippen molar-refractivity contribution in [1.82, 2.24) is 0 Å². The number of ether oxygens (including phenoxy) is 1. The van der Waals surface area contributed by atoms with Gasteiger partial charge < -0.3 is 4.74 Å². The fraction of sp³-hybridized carbons (Fsp3) is 0.355. The maximum Gasteiger partial charge on any atom is 0.200 e. The first-order valence-electron chi connectivity index (χ1n) is 12.5. The molecule has 178 valence electrons. The second kappa shape index (κ2) is 11.5. The van der Waals surface area contributed by atoms with Crippen LogP contribution in [0.3, 0.4) is 0 Å². The zero-order chi connectivity index (χ0) is 23.9. The molecule has 0 N–H and O–H groups in total. The molecule has 0 atom stereocenters. The number of hydrogen-bond donors (Lipinski definition) is 0. The van der Waals surface area contributed by atoms with E-state index in [0.29, 0.717) is 18.1 Å². The minimum atomic E-state index is -0.853. The normalized spacial score (nSPS) is 18.4. The molecule has 0 amide bonds. The Labute approximate surface area is 202 Å². The third kappa shape index (κ3) is 5.94. The molecule has 0 radical (unpaired) electrons. The van der Waals surface area contributed by atoms with Crippen LogP contribution in [0, 0.1) is 24.5 Å². The van der Waals surface area contributed by atoms with E-state index in [1.165, 1.54) is 22.3 Å². The van der Waals surface area contributed by atoms with Gasteiger partial charge in [-0.3, -0.25) is 0 Å². The SMILES string of the molecule is CCOc1ccc(C2CCC(/C=C/CCc3ccc(-c4ccc(C)cc4)cc3)CC2)c(F)c1F. The van der Waals surface area contributed by atoms with E-state index in [2.05, 4.69) is 67.6 Å². The van der Waals surface area contributed by atoms with Gasteiger partial charge in [-0.25, -0.2) is 4.39 Å². The van der Waals surface area contributed by atoms with Gasteiger partial charge in [-0.05, 0) is 92.5 Å². The van der Waals surface area contributed by atoms with Crippen LogP contribution < -0.4 is 4.74 Å². The molecule has 1 nitrogen and oxygen atoms in total. The van der Waals surface area contributed by atoms with Gasteiger partial charge in [-0.15, -0.1) is 0 Å². The first-order chi connectivity index (χ1) is 16.5. The molecular formula is C31H34F2O. The summed E-state index contributed by atoms with van der Waals surface area (Å²) in [4.78, 5) is 0. The summed E-state index contributed by atoms with van der Waals surface area (Å²) in [5.74, 6) is -0.977. The molecule has 4 rings (SSSR count). The molecule has 1 fully saturated rings. The highest BCUT2D eigenvalue weighted by Crippen LogP contribution is 2.39. The largest absolute Gasteiger partial charge is 0.491 e. The molecule has 0 aromatic heterocycles. The monoisotopic (exact) mass is 460 g/mol. The minimum Gasteiger partial charge on any atom is -0.491 e. The number of rotatable bonds is 8. The number of benzene rings is 3. The molecule has 3 heteroatoms. The van der Waals surface area contributed by atoms with E-state index in [1.807, 2.05) is 0 Å². The zero-order valence-corrected chi connectivity index (χ0v) is 20.2. The van der Waals surface area contributed by atoms with Crippen molar-refractivity contribution in [3.05, 3.63) is 101 Å². The topological polar surface area (TPSA) is 9.23 Å². The number of hydrogen-bond acceptors (Lipinski definition) is 1. The van der Waals surface area contributed by atoms with Crippen molar-refractivity contribution in [2.24, 2.45) is 5.92 Å². The molecule has 3 aromatic carbocycles. The van der Waals surface area contributed by atoms with Crippen molar-refractivity contribution in [2.45, 2.75) is 58.3 Å². The predicted octanol–water partition coefficient (Wildman–Crippen LogP) is 8.80. The van der Waals surface area contributed by atoms with Crippen LogP contribution in [0.25, 0.3) is 11.1 Å². The Morgan fingerprint density at radius 1 is 0.824 bits per heavy atom. The third-order valence-corrected chi connectivity index (χ3v) is 6.94. The molecule has 34 heavy (non-hydrogen) atoms. The summed E-state index contributed by atoms with van der Waals surface area (Å²) in [6.45, 7) is 4.20. The lowest BCUT2D eigenvalue weighted by Gasteiger charge is -2.27. The average Bonchev–Trinajstić information content (AvgIpc) is 2.86. The smallest absolute Gasteiger partial charge is 0.200 e. The van der Waals surface area contributed by atoms with Gasteiger partial charge in [0, 0.05) is 0 Å². The van der Waals surface area contributed by atoms with Gasteiger partial charge in [0.15, 0.2) is 11.6 Å². The van der Waals surface area contributed by atoms with Gasteiger partial charge in [0.2, 0.25) is 5.82 Å². The Bertz CT molecular complexity index is 1090. The van der Waals surface area contributed by atoms with Crippen LogP contribution in [0.2, 0.25) is 0 Å². The van der Waals surface area contributed by atoms with Gasteiger partial charge in [0.1, 0.15) is 0 Å². The first-order valence-corrected chi connectivity index (χ1v) is 12.5. The predicted molar refractivity (Wildman–Crippen MR) is 136 cm³/mol. The number of allylic oxidation sites excluding steroid dienone is 2. The molecule has 1 aliphatic carbocycles. The number of aryl methyl sites for hydroxylation is 2. The molecule has 0 spiro atoms. The number of halogens is 2. The molecular weight excluding hydrogens is 426 g/mol. The zero-order valence-electron chi connectivity index (χ0n) is 20.2. The second-order valence-corrected chi connectivity index (χ2v) is 9.36. The van der Waals surface area contributed by atoms with Crippen molar-refractivity contribution >= 4 is 0 Å². The van der Waals surface area contributed by atoms with Gasteiger partial charge in [0.05, 0.1) is 6.61 Å². The molecule has 1 aliphatic rings. The Balaban J connectivity index is 1.24. The van der Waals surface area contributed by atoms with Crippen molar-refractivity contribution in [3.63, 3.8) is 0 Å². The van der Waals surface area contributed by atoms with E-state index < -0.39 is 11.6 Å². The highest BCUT2D eigenvalue weighted by molar-refractivity contribution is 5.63. The summed E-state index contributed by atoms with van der Waals surface area (Å²) >= 11 is 0. The van der Waals surface area contributed by atoms with Crippen LogP contribution in [0.1, 0.15) is 61.6 Å². The Kier molecular flexibility index (Phi) is 8.16. The highest BCUT2D eigenvalue weighted by atomic mass is 19.2. The van der Waals surface area contributed by atoms with Crippen molar-refractivity contribution in [1.29, 1.82) is 0 Å². The van der Waals surface area contributed by atoms with Crippen LogP contribution in [-0.4, -0.2) is 6.61 Å². The third-order valence-electron chi connectivity index (χ3n) is 6.94. The van der Waals surface area contributed by atoms with Crippen LogP contribution in [0.5, 0.6) is 5.75 Å². The van der Waals surface area contributed by atoms with Crippen LogP contribution >= 0.6 is 0 Å². The highest BCUT2D eigenvalue weighted by Gasteiger charge is 2.25. The second-order valence-electron chi connectivity index (χ2n) is 9.36. The summed E-state index contributed by atoms with van der Waals surface area (Å²) in [7, 11) is 0. The van der Waals surface area contributed by atoms with Gasteiger partial charge in [-0.1, -0.05) is 72.3 Å². The van der Waals surface area contributed by atoms with E-state index in [1.54, 1.807) is 19.1 Å². The standard InChI is InChI=1S/C31H34F2O/c1-3-34-29-21-20-28(30(32)31(29)33)27-18-12-24(13-19-27)7-5-4-6-23-10-16-26(17-11-23)25-14-8-22(2)9-15-25/h5,7-11,14-17,20-21,24,27H,3-4,6,12-13,18-19H2,1-2H3/b7-5+. The Morgan fingerprint density at radius 3 is 2.12 bits per heavy atom. The molecule has 0 saturated heterocycles. The van der Waals surface area contributed by atoms with E-state index in [4.69, 9.17) is 4.74 Å². The van der Waals surface area contributed by atoms with Gasteiger partial charge in [0.25, 0.3) is 0 Å². The van der Waals surface area contributed by atoms with Crippen LogP contribution in [0.4, 0.5) is 8.78 Å². The minimum absolute atomic E-state index is 0.00478. The average molecular weight is 461 g/mol. The lowest BCUT2D eigenvalue weighted by Crippen LogP contribution is -2.14. The lowest BCUT2D eigenvalue weighted by molar-refractivity contribution is 0.310. The lowest BCUT2D eigenvalue weighted by atomic mass is 9.78. The molecule has 0 aliphatic heterocycles. The van der Waals surface area contributed by atoms with E-state index in [0.717, 1.165) is 38.5 Å². The summed E-state index contributed by atoms with van der Waals surface area (Å²) in [6, 6.07) is 20.7. The van der Waals surface area contributed by atoms with E-state index in [-0.39, 0.29) is 11.7 Å². The van der Waals surface area contributed by atoms with Crippen molar-refractivity contribution < 1.29 is 13.5 Å². The summed E-state index contributed by atoms with van der Waals surface area (Å²) in [5, 5.41) is 0. The molecule has 0 bridgehead atoms. The first kappa shape index (κ1) is 24.2. The quantitative estimate of drug-likeness (QED) is 0.305. The Hall–Kier alpha value is -2.94. The van der Waals surface area contributed by atoms with E-state index >= 15 is 0 Å². The fourth-order valence-corrected chi connectivity index (χ4v) is 4.90. The maximum absolute atomic E-state index is 14.5. The van der Waals surface area contributed by atoms with Gasteiger partial charge >= 0.3 is 0 Å². The van der Waals surface area contributed by atoms with Crippen LogP contribution in [0.15, 0.2) is 72.8 Å². The summed E-state index contributed by atoms with van der Waals surface area (Å²) in [6.07, 6.45) is 10.5. The summed E-state index contributed by atoms with van der Waals surface area (Å²) < 4.78 is 34.0. The fourth-order valence-electron chi connectivity index (χ4n) is 4.90. The molecule has 0 heterocycles. The van der Waals surface area contributed by atoms with Crippen molar-refractivity contribution in [3.8, 4) is 16.9 Å². The molecule has 1 saturated carbocycles. The Morgan fingerprint density at radius 2 is 1.47 bits per heavy atom. The van der Waals surface area contributed by atoms with Crippen LogP contribution in [-0.2, 0) is 6.42 Å². The summed E-state index contributed by atoms with van der Waals surface area (Å²) in [5.41, 5.74) is 5.62. The van der Waals surface area contributed by atoms with E-state index in [9.17, 15) is 8.78 Å².